The molecule has 1 aromatic heterocycles. The van der Waals surface area contributed by atoms with Gasteiger partial charge < -0.3 is 15.2 Å². The Morgan fingerprint density at radius 1 is 1.21 bits per heavy atom. The first kappa shape index (κ1) is 13.6. The van der Waals surface area contributed by atoms with Gasteiger partial charge in [-0.1, -0.05) is 18.2 Å². The van der Waals surface area contributed by atoms with Gasteiger partial charge in [0.2, 0.25) is 0 Å². The number of hydrogen-bond acceptors (Lipinski definition) is 4. The third kappa shape index (κ3) is 3.81. The molecule has 0 aliphatic heterocycles. The molecule has 102 valence electrons. The van der Waals surface area contributed by atoms with Gasteiger partial charge in [-0.25, -0.2) is 0 Å². The van der Waals surface area contributed by atoms with E-state index in [1.54, 1.807) is 7.11 Å². The summed E-state index contributed by atoms with van der Waals surface area (Å²) >= 11 is 0. The molecule has 1 aromatic carbocycles. The molecule has 0 aliphatic rings. The molecule has 2 aromatic rings. The Hall–Kier alpha value is -1.85. The normalized spacial score (nSPS) is 10.8. The fourth-order valence-corrected chi connectivity index (χ4v) is 1.79. The zero-order valence-electron chi connectivity index (χ0n) is 11.1. The van der Waals surface area contributed by atoms with Crippen molar-refractivity contribution in [2.75, 3.05) is 32.7 Å². The highest BCUT2D eigenvalue weighted by Gasteiger charge is 2.04. The summed E-state index contributed by atoms with van der Waals surface area (Å²) in [5.41, 5.74) is 8.74. The molecule has 0 spiro atoms. The number of anilines is 1. The van der Waals surface area contributed by atoms with Gasteiger partial charge in [-0.15, -0.1) is 0 Å². The zero-order chi connectivity index (χ0) is 13.5. The lowest BCUT2D eigenvalue weighted by Gasteiger charge is -2.04. The Morgan fingerprint density at radius 3 is 2.84 bits per heavy atom. The van der Waals surface area contributed by atoms with E-state index in [9.17, 15) is 0 Å². The van der Waals surface area contributed by atoms with Gasteiger partial charge >= 0.3 is 0 Å². The smallest absolute Gasteiger partial charge is 0.0701 e. The second-order valence-electron chi connectivity index (χ2n) is 4.18. The van der Waals surface area contributed by atoms with Gasteiger partial charge in [0.25, 0.3) is 0 Å². The van der Waals surface area contributed by atoms with Crippen LogP contribution in [0.2, 0.25) is 0 Å². The number of methoxy groups -OCH3 is 1. The standard InChI is InChI=1S/C14H19N3O2/c1-18-8-9-19-7-6-17-11-12(10-16-17)13-4-2-3-5-14(13)15/h2-5,10-11H,6-9,15H2,1H3. The summed E-state index contributed by atoms with van der Waals surface area (Å²) in [5.74, 6) is 0. The second-order valence-corrected chi connectivity index (χ2v) is 4.18. The van der Waals surface area contributed by atoms with Gasteiger partial charge in [0.1, 0.15) is 0 Å². The third-order valence-electron chi connectivity index (χ3n) is 2.80. The highest BCUT2D eigenvalue weighted by molar-refractivity contribution is 5.75. The Kier molecular flexibility index (Phi) is 4.94. The van der Waals surface area contributed by atoms with E-state index in [2.05, 4.69) is 5.10 Å². The van der Waals surface area contributed by atoms with Crippen molar-refractivity contribution in [2.45, 2.75) is 6.54 Å². The van der Waals surface area contributed by atoms with Crippen molar-refractivity contribution in [1.82, 2.24) is 9.78 Å². The second kappa shape index (κ2) is 6.92. The van der Waals surface area contributed by atoms with E-state index in [0.717, 1.165) is 23.4 Å². The molecule has 0 unspecified atom stereocenters. The van der Waals surface area contributed by atoms with E-state index in [4.69, 9.17) is 15.2 Å². The summed E-state index contributed by atoms with van der Waals surface area (Å²) in [7, 11) is 1.66. The van der Waals surface area contributed by atoms with Crippen molar-refractivity contribution < 1.29 is 9.47 Å². The average Bonchev–Trinajstić information content (AvgIpc) is 2.88. The highest BCUT2D eigenvalue weighted by atomic mass is 16.5. The highest BCUT2D eigenvalue weighted by Crippen LogP contribution is 2.24. The van der Waals surface area contributed by atoms with Crippen LogP contribution < -0.4 is 5.73 Å². The lowest BCUT2D eigenvalue weighted by Crippen LogP contribution is -2.09. The van der Waals surface area contributed by atoms with Crippen LogP contribution in [-0.4, -0.2) is 36.7 Å². The van der Waals surface area contributed by atoms with Gasteiger partial charge in [0, 0.05) is 30.1 Å². The Bertz CT molecular complexity index is 511. The summed E-state index contributed by atoms with van der Waals surface area (Å²) in [6.07, 6.45) is 3.80. The molecule has 0 saturated carbocycles. The average molecular weight is 261 g/mol. The van der Waals surface area contributed by atoms with Crippen molar-refractivity contribution >= 4 is 5.69 Å². The first-order chi connectivity index (χ1) is 9.31. The number of rotatable bonds is 7. The molecule has 0 fully saturated rings. The number of aromatic nitrogens is 2. The van der Waals surface area contributed by atoms with E-state index < -0.39 is 0 Å². The summed E-state index contributed by atoms with van der Waals surface area (Å²) in [4.78, 5) is 0. The minimum absolute atomic E-state index is 0.607. The molecule has 19 heavy (non-hydrogen) atoms. The Balaban J connectivity index is 1.91. The summed E-state index contributed by atoms with van der Waals surface area (Å²) in [6.45, 7) is 2.56. The van der Waals surface area contributed by atoms with Crippen LogP contribution in [-0.2, 0) is 16.0 Å². The lowest BCUT2D eigenvalue weighted by molar-refractivity contribution is 0.0654. The maximum Gasteiger partial charge on any atom is 0.0701 e. The van der Waals surface area contributed by atoms with Crippen molar-refractivity contribution in [3.8, 4) is 11.1 Å². The first-order valence-corrected chi connectivity index (χ1v) is 6.25. The number of benzene rings is 1. The SMILES string of the molecule is COCCOCCn1cc(-c2ccccc2N)cn1. The van der Waals surface area contributed by atoms with Gasteiger partial charge in [-0.3, -0.25) is 4.68 Å². The minimum atomic E-state index is 0.607. The molecular formula is C14H19N3O2. The zero-order valence-corrected chi connectivity index (χ0v) is 11.1. The molecule has 2 N–H and O–H groups in total. The number of nitrogen functional groups attached to an aromatic ring is 1. The van der Waals surface area contributed by atoms with Gasteiger partial charge in [0.15, 0.2) is 0 Å². The quantitative estimate of drug-likeness (QED) is 0.610. The fraction of sp³-hybridized carbons (Fsp3) is 0.357. The predicted octanol–water partition coefficient (Wildman–Crippen LogP) is 1.80. The van der Waals surface area contributed by atoms with Crippen LogP contribution in [0.1, 0.15) is 0 Å². The third-order valence-corrected chi connectivity index (χ3v) is 2.80. The van der Waals surface area contributed by atoms with Gasteiger partial charge in [-0.2, -0.15) is 5.10 Å². The molecule has 0 aliphatic carbocycles. The predicted molar refractivity (Wildman–Crippen MR) is 74.8 cm³/mol. The molecule has 0 amide bonds. The van der Waals surface area contributed by atoms with Crippen LogP contribution in [0.5, 0.6) is 0 Å². The topological polar surface area (TPSA) is 62.3 Å². The number of para-hydroxylation sites is 1. The first-order valence-electron chi connectivity index (χ1n) is 6.25. The molecule has 5 heteroatoms. The van der Waals surface area contributed by atoms with Crippen LogP contribution in [0.3, 0.4) is 0 Å². The van der Waals surface area contributed by atoms with Crippen molar-refractivity contribution in [3.05, 3.63) is 36.7 Å². The van der Waals surface area contributed by atoms with E-state index in [0.29, 0.717) is 19.8 Å². The van der Waals surface area contributed by atoms with E-state index in [-0.39, 0.29) is 0 Å². The Labute approximate surface area is 112 Å². The van der Waals surface area contributed by atoms with Crippen molar-refractivity contribution in [1.29, 1.82) is 0 Å². The van der Waals surface area contributed by atoms with Crippen LogP contribution >= 0.6 is 0 Å². The molecule has 0 bridgehead atoms. The molecule has 1 heterocycles. The maximum absolute atomic E-state index is 5.94. The van der Waals surface area contributed by atoms with Crippen molar-refractivity contribution in [3.63, 3.8) is 0 Å². The summed E-state index contributed by atoms with van der Waals surface area (Å²) in [6, 6.07) is 7.77. The number of hydrogen-bond donors (Lipinski definition) is 1. The van der Waals surface area contributed by atoms with Crippen molar-refractivity contribution in [2.24, 2.45) is 0 Å². The summed E-state index contributed by atoms with van der Waals surface area (Å²) < 4.78 is 12.2. The molecule has 0 atom stereocenters. The van der Waals surface area contributed by atoms with Crippen LogP contribution in [0.15, 0.2) is 36.7 Å². The van der Waals surface area contributed by atoms with Gasteiger partial charge in [-0.05, 0) is 6.07 Å². The fourth-order valence-electron chi connectivity index (χ4n) is 1.79. The molecular weight excluding hydrogens is 242 g/mol. The van der Waals surface area contributed by atoms with Crippen LogP contribution in [0, 0.1) is 0 Å². The number of nitrogens with two attached hydrogens (primary N) is 1. The van der Waals surface area contributed by atoms with Gasteiger partial charge in [0.05, 0.1) is 32.6 Å². The minimum Gasteiger partial charge on any atom is -0.398 e. The molecule has 5 nitrogen and oxygen atoms in total. The number of nitrogens with zero attached hydrogens (tertiary/aromatic N) is 2. The van der Waals surface area contributed by atoms with Crippen LogP contribution in [0.25, 0.3) is 11.1 Å². The van der Waals surface area contributed by atoms with E-state index in [1.165, 1.54) is 0 Å². The van der Waals surface area contributed by atoms with E-state index >= 15 is 0 Å². The largest absolute Gasteiger partial charge is 0.398 e. The monoisotopic (exact) mass is 261 g/mol. The molecule has 2 rings (SSSR count). The van der Waals surface area contributed by atoms with Crippen LogP contribution in [0.4, 0.5) is 5.69 Å². The molecule has 0 saturated heterocycles. The lowest BCUT2D eigenvalue weighted by atomic mass is 10.1. The maximum atomic E-state index is 5.94. The van der Waals surface area contributed by atoms with E-state index in [1.807, 2.05) is 41.3 Å². The number of ether oxygens (including phenoxy) is 2. The molecule has 0 radical (unpaired) electrons. The summed E-state index contributed by atoms with van der Waals surface area (Å²) in [5, 5.41) is 4.30. The Morgan fingerprint density at radius 2 is 2.05 bits per heavy atom.